The maximum absolute atomic E-state index is 7.45. The topological polar surface area (TPSA) is 59.1 Å². The Morgan fingerprint density at radius 2 is 2.24 bits per heavy atom. The predicted octanol–water partition coefficient (Wildman–Crippen LogP) is 3.05. The number of amidine groups is 1. The highest BCUT2D eigenvalue weighted by atomic mass is 32.1. The zero-order valence-corrected chi connectivity index (χ0v) is 11.5. The number of hydrogen-bond acceptors (Lipinski definition) is 3. The molecule has 0 spiro atoms. The number of hydrogen-bond donors (Lipinski definition) is 2. The van der Waals surface area contributed by atoms with Crippen molar-refractivity contribution in [1.82, 2.24) is 0 Å². The van der Waals surface area contributed by atoms with E-state index in [1.54, 1.807) is 11.3 Å². The Hall–Kier alpha value is -0.870. The molecule has 0 aliphatic carbocycles. The first-order chi connectivity index (χ1) is 8.02. The van der Waals surface area contributed by atoms with Gasteiger partial charge >= 0.3 is 0 Å². The molecule has 1 heterocycles. The molecule has 0 saturated carbocycles. The van der Waals surface area contributed by atoms with E-state index in [0.717, 1.165) is 32.5 Å². The molecule has 0 aliphatic heterocycles. The summed E-state index contributed by atoms with van der Waals surface area (Å²) in [6.07, 6.45) is 2.85. The van der Waals surface area contributed by atoms with Crippen LogP contribution in [-0.2, 0) is 11.2 Å². The van der Waals surface area contributed by atoms with Crippen molar-refractivity contribution < 1.29 is 4.74 Å². The second-order valence-corrected chi connectivity index (χ2v) is 5.88. The first-order valence-electron chi connectivity index (χ1n) is 5.97. The molecule has 3 N–H and O–H groups in total. The summed E-state index contributed by atoms with van der Waals surface area (Å²) in [5, 5.41) is 9.53. The lowest BCUT2D eigenvalue weighted by molar-refractivity contribution is 0.129. The van der Waals surface area contributed by atoms with Gasteiger partial charge in [0.1, 0.15) is 0 Å². The van der Waals surface area contributed by atoms with E-state index >= 15 is 0 Å². The number of rotatable bonds is 8. The van der Waals surface area contributed by atoms with Gasteiger partial charge in [-0.05, 0) is 24.3 Å². The fourth-order valence-corrected chi connectivity index (χ4v) is 2.17. The average Bonchev–Trinajstić information content (AvgIpc) is 2.75. The molecule has 17 heavy (non-hydrogen) atoms. The summed E-state index contributed by atoms with van der Waals surface area (Å²) in [6.45, 7) is 5.53. The van der Waals surface area contributed by atoms with Crippen LogP contribution >= 0.6 is 11.3 Å². The summed E-state index contributed by atoms with van der Waals surface area (Å²) in [6, 6.07) is 4.20. The number of nitrogens with one attached hydrogen (secondary N) is 1. The highest BCUT2D eigenvalue weighted by Crippen LogP contribution is 2.21. The maximum atomic E-state index is 7.45. The third-order valence-electron chi connectivity index (χ3n) is 2.89. The van der Waals surface area contributed by atoms with Gasteiger partial charge in [-0.1, -0.05) is 19.9 Å². The molecule has 0 atom stereocenters. The van der Waals surface area contributed by atoms with Gasteiger partial charge in [0.25, 0.3) is 0 Å². The largest absolute Gasteiger partial charge is 0.387 e. The molecule has 0 fully saturated rings. The number of thiophene rings is 1. The lowest BCUT2D eigenvalue weighted by Crippen LogP contribution is -2.31. The van der Waals surface area contributed by atoms with Crippen molar-refractivity contribution >= 4 is 17.2 Å². The quantitative estimate of drug-likeness (QED) is 0.425. The molecular formula is C13H22N2OS. The zero-order chi connectivity index (χ0) is 12.7. The minimum absolute atomic E-state index is 0.197. The Morgan fingerprint density at radius 1 is 1.47 bits per heavy atom. The van der Waals surface area contributed by atoms with E-state index in [2.05, 4.69) is 17.5 Å². The fraction of sp³-hybridized carbons (Fsp3) is 0.615. The third-order valence-corrected chi connectivity index (χ3v) is 3.83. The predicted molar refractivity (Wildman–Crippen MR) is 73.8 cm³/mol. The Balaban J connectivity index is 2.03. The number of ether oxygens (including phenoxy) is 1. The SMILES string of the molecule is CC(C)(CCCOCCc1cccs1)C(=N)N. The smallest absolute Gasteiger partial charge is 0.0963 e. The lowest BCUT2D eigenvalue weighted by Gasteiger charge is -2.22. The first kappa shape index (κ1) is 14.2. The van der Waals surface area contributed by atoms with Gasteiger partial charge in [-0.2, -0.15) is 0 Å². The minimum atomic E-state index is -0.197. The summed E-state index contributed by atoms with van der Waals surface area (Å²) >= 11 is 1.77. The summed E-state index contributed by atoms with van der Waals surface area (Å²) in [5.41, 5.74) is 5.32. The Morgan fingerprint density at radius 3 is 2.82 bits per heavy atom. The van der Waals surface area contributed by atoms with Crippen molar-refractivity contribution in [1.29, 1.82) is 5.41 Å². The maximum Gasteiger partial charge on any atom is 0.0963 e. The van der Waals surface area contributed by atoms with E-state index in [1.807, 2.05) is 13.8 Å². The summed E-state index contributed by atoms with van der Waals surface area (Å²) in [7, 11) is 0. The van der Waals surface area contributed by atoms with Crippen LogP contribution in [0.2, 0.25) is 0 Å². The second kappa shape index (κ2) is 6.77. The van der Waals surface area contributed by atoms with Crippen LogP contribution in [0.3, 0.4) is 0 Å². The molecule has 3 nitrogen and oxygen atoms in total. The third kappa shape index (κ3) is 5.33. The molecule has 1 aromatic heterocycles. The standard InChI is InChI=1S/C13H22N2OS/c1-13(2,12(14)15)7-4-8-16-9-6-11-5-3-10-17-11/h3,5,10H,4,6-9H2,1-2H3,(H3,14,15). The molecule has 0 unspecified atom stereocenters. The van der Waals surface area contributed by atoms with E-state index in [9.17, 15) is 0 Å². The van der Waals surface area contributed by atoms with E-state index in [1.165, 1.54) is 4.88 Å². The average molecular weight is 254 g/mol. The van der Waals surface area contributed by atoms with Crippen LogP contribution in [0.15, 0.2) is 17.5 Å². The van der Waals surface area contributed by atoms with Crippen LogP contribution in [0.5, 0.6) is 0 Å². The first-order valence-corrected chi connectivity index (χ1v) is 6.85. The summed E-state index contributed by atoms with van der Waals surface area (Å²) in [5.74, 6) is 0.260. The van der Waals surface area contributed by atoms with E-state index in [-0.39, 0.29) is 11.3 Å². The minimum Gasteiger partial charge on any atom is -0.387 e. The van der Waals surface area contributed by atoms with Gasteiger partial charge in [0.2, 0.25) is 0 Å². The van der Waals surface area contributed by atoms with Crippen molar-refractivity contribution in [2.45, 2.75) is 33.1 Å². The molecular weight excluding hydrogens is 232 g/mol. The van der Waals surface area contributed by atoms with Crippen LogP contribution in [0.1, 0.15) is 31.6 Å². The van der Waals surface area contributed by atoms with Gasteiger partial charge < -0.3 is 10.5 Å². The van der Waals surface area contributed by atoms with Gasteiger partial charge in [-0.15, -0.1) is 11.3 Å². The molecule has 4 heteroatoms. The molecule has 0 saturated heterocycles. The second-order valence-electron chi connectivity index (χ2n) is 4.84. The van der Waals surface area contributed by atoms with Crippen LogP contribution in [-0.4, -0.2) is 19.0 Å². The van der Waals surface area contributed by atoms with Gasteiger partial charge in [-0.25, -0.2) is 0 Å². The zero-order valence-electron chi connectivity index (χ0n) is 10.7. The highest BCUT2D eigenvalue weighted by Gasteiger charge is 2.20. The van der Waals surface area contributed by atoms with Crippen LogP contribution < -0.4 is 5.73 Å². The Kier molecular flexibility index (Phi) is 5.65. The monoisotopic (exact) mass is 254 g/mol. The highest BCUT2D eigenvalue weighted by molar-refractivity contribution is 7.09. The van der Waals surface area contributed by atoms with E-state index in [4.69, 9.17) is 15.9 Å². The molecule has 0 bridgehead atoms. The Bertz CT molecular complexity index is 333. The van der Waals surface area contributed by atoms with E-state index < -0.39 is 0 Å². The fourth-order valence-electron chi connectivity index (χ4n) is 1.48. The van der Waals surface area contributed by atoms with Gasteiger partial charge in [0, 0.05) is 23.3 Å². The molecule has 0 aliphatic rings. The van der Waals surface area contributed by atoms with Crippen molar-refractivity contribution in [2.24, 2.45) is 11.1 Å². The van der Waals surface area contributed by atoms with Crippen LogP contribution in [0.4, 0.5) is 0 Å². The van der Waals surface area contributed by atoms with Gasteiger partial charge in [-0.3, -0.25) is 5.41 Å². The van der Waals surface area contributed by atoms with E-state index in [0.29, 0.717) is 0 Å². The van der Waals surface area contributed by atoms with Crippen LogP contribution in [0, 0.1) is 10.8 Å². The van der Waals surface area contributed by atoms with Gasteiger partial charge in [0.05, 0.1) is 12.4 Å². The van der Waals surface area contributed by atoms with Crippen molar-refractivity contribution in [3.63, 3.8) is 0 Å². The summed E-state index contributed by atoms with van der Waals surface area (Å²) < 4.78 is 5.58. The van der Waals surface area contributed by atoms with Crippen LogP contribution in [0.25, 0.3) is 0 Å². The van der Waals surface area contributed by atoms with Crippen molar-refractivity contribution in [2.75, 3.05) is 13.2 Å². The molecule has 96 valence electrons. The normalized spacial score (nSPS) is 11.6. The molecule has 0 amide bonds. The molecule has 1 aromatic rings. The lowest BCUT2D eigenvalue weighted by atomic mass is 9.87. The van der Waals surface area contributed by atoms with Crippen molar-refractivity contribution in [3.8, 4) is 0 Å². The Labute approximate surface area is 107 Å². The molecule has 0 radical (unpaired) electrons. The van der Waals surface area contributed by atoms with Crippen molar-refractivity contribution in [3.05, 3.63) is 22.4 Å². The number of nitrogens with two attached hydrogens (primary N) is 1. The molecule has 0 aromatic carbocycles. The molecule has 1 rings (SSSR count). The van der Waals surface area contributed by atoms with Gasteiger partial charge in [0.15, 0.2) is 0 Å². The summed E-state index contributed by atoms with van der Waals surface area (Å²) in [4.78, 5) is 1.37.